The third kappa shape index (κ3) is 3.27. The minimum Gasteiger partial charge on any atom is -0.378 e. The highest BCUT2D eigenvalue weighted by atomic mass is 16.5. The van der Waals surface area contributed by atoms with Gasteiger partial charge in [-0.2, -0.15) is 0 Å². The van der Waals surface area contributed by atoms with Crippen molar-refractivity contribution in [2.75, 3.05) is 13.7 Å². The molecule has 1 rings (SSSR count). The average Bonchev–Trinajstić information content (AvgIpc) is 2.16. The van der Waals surface area contributed by atoms with Crippen LogP contribution in [0.3, 0.4) is 0 Å². The van der Waals surface area contributed by atoms with E-state index in [-0.39, 0.29) is 24.1 Å². The van der Waals surface area contributed by atoms with Crippen molar-refractivity contribution in [3.05, 3.63) is 0 Å². The predicted octanol–water partition coefficient (Wildman–Crippen LogP) is 0.278. The smallest absolute Gasteiger partial charge is 0.237 e. The normalized spacial score (nSPS) is 29.6. The lowest BCUT2D eigenvalue weighted by Gasteiger charge is -2.28. The zero-order valence-corrected chi connectivity index (χ0v) is 9.17. The molecular formula is C10H20N2O2. The van der Waals surface area contributed by atoms with Gasteiger partial charge >= 0.3 is 0 Å². The van der Waals surface area contributed by atoms with E-state index in [9.17, 15) is 4.79 Å². The van der Waals surface area contributed by atoms with Crippen LogP contribution in [0.15, 0.2) is 0 Å². The second-order valence-corrected chi connectivity index (χ2v) is 3.92. The Labute approximate surface area is 85.4 Å². The summed E-state index contributed by atoms with van der Waals surface area (Å²) in [6, 6.07) is 0.162. The largest absolute Gasteiger partial charge is 0.378 e. The summed E-state index contributed by atoms with van der Waals surface area (Å²) in [6.07, 6.45) is 2.10. The fourth-order valence-corrected chi connectivity index (χ4v) is 1.59. The predicted molar refractivity (Wildman–Crippen MR) is 55.1 cm³/mol. The van der Waals surface area contributed by atoms with E-state index in [0.717, 1.165) is 19.4 Å². The molecule has 1 amide bonds. The van der Waals surface area contributed by atoms with Gasteiger partial charge in [0.15, 0.2) is 0 Å². The van der Waals surface area contributed by atoms with Gasteiger partial charge in [-0.25, -0.2) is 0 Å². The van der Waals surface area contributed by atoms with Gasteiger partial charge in [0.05, 0.1) is 12.1 Å². The molecule has 3 atom stereocenters. The molecule has 0 aromatic heterocycles. The number of likely N-dealkylation sites (N-methyl/N-ethyl adjacent to an activating group) is 1. The summed E-state index contributed by atoms with van der Waals surface area (Å²) < 4.78 is 5.41. The Bertz CT molecular complexity index is 197. The Morgan fingerprint density at radius 2 is 2.29 bits per heavy atom. The van der Waals surface area contributed by atoms with E-state index in [4.69, 9.17) is 4.74 Å². The van der Waals surface area contributed by atoms with Crippen molar-refractivity contribution in [3.63, 3.8) is 0 Å². The quantitative estimate of drug-likeness (QED) is 0.688. The molecule has 0 aliphatic carbocycles. The third-order valence-corrected chi connectivity index (χ3v) is 2.66. The first kappa shape index (κ1) is 11.5. The Kier molecular flexibility index (Phi) is 4.35. The van der Waals surface area contributed by atoms with E-state index >= 15 is 0 Å². The van der Waals surface area contributed by atoms with Crippen molar-refractivity contribution in [2.24, 2.45) is 0 Å². The van der Waals surface area contributed by atoms with Crippen LogP contribution in [0.2, 0.25) is 0 Å². The van der Waals surface area contributed by atoms with E-state index in [1.54, 1.807) is 7.05 Å². The van der Waals surface area contributed by atoms with Crippen LogP contribution < -0.4 is 10.6 Å². The van der Waals surface area contributed by atoms with Crippen LogP contribution in [0.25, 0.3) is 0 Å². The van der Waals surface area contributed by atoms with Gasteiger partial charge < -0.3 is 15.4 Å². The maximum atomic E-state index is 11.5. The van der Waals surface area contributed by atoms with Crippen LogP contribution >= 0.6 is 0 Å². The highest BCUT2D eigenvalue weighted by molar-refractivity contribution is 5.81. The van der Waals surface area contributed by atoms with Crippen molar-refractivity contribution in [1.29, 1.82) is 0 Å². The van der Waals surface area contributed by atoms with E-state index < -0.39 is 0 Å². The molecule has 4 heteroatoms. The summed E-state index contributed by atoms with van der Waals surface area (Å²) in [5.74, 6) is 0.0756. The second-order valence-electron chi connectivity index (χ2n) is 3.92. The molecule has 0 radical (unpaired) electrons. The molecule has 1 saturated heterocycles. The number of amides is 1. The summed E-state index contributed by atoms with van der Waals surface area (Å²) in [5.41, 5.74) is 0. The monoisotopic (exact) mass is 200 g/mol. The fraction of sp³-hybridized carbons (Fsp3) is 0.900. The Hall–Kier alpha value is -0.610. The van der Waals surface area contributed by atoms with Crippen LogP contribution in [-0.4, -0.2) is 37.7 Å². The first-order valence-corrected chi connectivity index (χ1v) is 5.22. The highest BCUT2D eigenvalue weighted by Crippen LogP contribution is 2.12. The molecule has 1 heterocycles. The maximum Gasteiger partial charge on any atom is 0.237 e. The first-order valence-electron chi connectivity index (χ1n) is 5.22. The SMILES string of the molecule is CNC(C)C(=O)NC1CCOC(C)C1. The molecule has 14 heavy (non-hydrogen) atoms. The molecule has 0 aromatic carbocycles. The van der Waals surface area contributed by atoms with E-state index in [0.29, 0.717) is 0 Å². The van der Waals surface area contributed by atoms with Crippen LogP contribution in [0.1, 0.15) is 26.7 Å². The van der Waals surface area contributed by atoms with Gasteiger partial charge in [-0.3, -0.25) is 4.79 Å². The highest BCUT2D eigenvalue weighted by Gasteiger charge is 2.22. The summed E-state index contributed by atoms with van der Waals surface area (Å²) in [4.78, 5) is 11.5. The van der Waals surface area contributed by atoms with Gasteiger partial charge in [0.2, 0.25) is 5.91 Å². The van der Waals surface area contributed by atoms with Crippen LogP contribution in [0.4, 0.5) is 0 Å². The van der Waals surface area contributed by atoms with Crippen molar-refractivity contribution in [1.82, 2.24) is 10.6 Å². The standard InChI is InChI=1S/C10H20N2O2/c1-7-6-9(4-5-14-7)12-10(13)8(2)11-3/h7-9,11H,4-6H2,1-3H3,(H,12,13). The van der Waals surface area contributed by atoms with Gasteiger partial charge in [-0.05, 0) is 33.7 Å². The van der Waals surface area contributed by atoms with Crippen LogP contribution in [-0.2, 0) is 9.53 Å². The van der Waals surface area contributed by atoms with Gasteiger partial charge in [-0.1, -0.05) is 0 Å². The zero-order valence-electron chi connectivity index (χ0n) is 9.17. The lowest BCUT2D eigenvalue weighted by molar-refractivity contribution is -0.124. The molecule has 3 unspecified atom stereocenters. The number of rotatable bonds is 3. The Morgan fingerprint density at radius 3 is 2.86 bits per heavy atom. The lowest BCUT2D eigenvalue weighted by Crippen LogP contribution is -2.47. The minimum absolute atomic E-state index is 0.0756. The van der Waals surface area contributed by atoms with Gasteiger partial charge in [0.1, 0.15) is 0 Å². The topological polar surface area (TPSA) is 50.4 Å². The van der Waals surface area contributed by atoms with Crippen molar-refractivity contribution in [3.8, 4) is 0 Å². The lowest BCUT2D eigenvalue weighted by atomic mass is 10.0. The average molecular weight is 200 g/mol. The van der Waals surface area contributed by atoms with Gasteiger partial charge in [-0.15, -0.1) is 0 Å². The van der Waals surface area contributed by atoms with E-state index in [2.05, 4.69) is 10.6 Å². The molecule has 1 aliphatic rings. The molecule has 4 nitrogen and oxygen atoms in total. The maximum absolute atomic E-state index is 11.5. The van der Waals surface area contributed by atoms with Gasteiger partial charge in [0, 0.05) is 12.6 Å². The van der Waals surface area contributed by atoms with Crippen LogP contribution in [0.5, 0.6) is 0 Å². The number of carbonyl (C=O) groups is 1. The summed E-state index contributed by atoms with van der Waals surface area (Å²) in [7, 11) is 1.79. The van der Waals surface area contributed by atoms with Crippen molar-refractivity contribution >= 4 is 5.91 Å². The summed E-state index contributed by atoms with van der Waals surface area (Å²) in [5, 5.41) is 5.94. The molecular weight excluding hydrogens is 180 g/mol. The van der Waals surface area contributed by atoms with Crippen molar-refractivity contribution in [2.45, 2.75) is 44.9 Å². The summed E-state index contributed by atoms with van der Waals surface area (Å²) >= 11 is 0. The Morgan fingerprint density at radius 1 is 1.57 bits per heavy atom. The molecule has 0 aromatic rings. The van der Waals surface area contributed by atoms with Crippen LogP contribution in [0, 0.1) is 0 Å². The van der Waals surface area contributed by atoms with Gasteiger partial charge in [0.25, 0.3) is 0 Å². The molecule has 1 fully saturated rings. The molecule has 2 N–H and O–H groups in total. The van der Waals surface area contributed by atoms with E-state index in [1.165, 1.54) is 0 Å². The fourth-order valence-electron chi connectivity index (χ4n) is 1.59. The number of carbonyl (C=O) groups excluding carboxylic acids is 1. The molecule has 0 bridgehead atoms. The molecule has 82 valence electrons. The second kappa shape index (κ2) is 5.32. The molecule has 0 spiro atoms. The molecule has 1 aliphatic heterocycles. The zero-order chi connectivity index (χ0) is 10.6. The Balaban J connectivity index is 2.32. The number of hydrogen-bond acceptors (Lipinski definition) is 3. The molecule has 0 saturated carbocycles. The third-order valence-electron chi connectivity index (χ3n) is 2.66. The summed E-state index contributed by atoms with van der Waals surface area (Å²) in [6.45, 7) is 4.65. The van der Waals surface area contributed by atoms with E-state index in [1.807, 2.05) is 13.8 Å². The number of ether oxygens (including phenoxy) is 1. The van der Waals surface area contributed by atoms with Crippen molar-refractivity contribution < 1.29 is 9.53 Å². The number of hydrogen-bond donors (Lipinski definition) is 2. The number of nitrogens with one attached hydrogen (secondary N) is 2. The minimum atomic E-state index is -0.117. The first-order chi connectivity index (χ1) is 6.63.